The molecule has 0 spiro atoms. The molecule has 0 atom stereocenters. The van der Waals surface area contributed by atoms with Crippen LogP contribution in [0.4, 0.5) is 17.1 Å². The van der Waals surface area contributed by atoms with Crippen LogP contribution in [-0.4, -0.2) is 11.1 Å². The minimum Gasteiger partial charge on any atom is -0.478 e. The maximum absolute atomic E-state index is 11.1. The molecule has 0 heterocycles. The summed E-state index contributed by atoms with van der Waals surface area (Å²) in [6.07, 6.45) is 0. The van der Waals surface area contributed by atoms with Crippen LogP contribution in [0.1, 0.15) is 10.4 Å². The summed E-state index contributed by atoms with van der Waals surface area (Å²) in [5.41, 5.74) is 7.87. The molecule has 0 saturated heterocycles. The highest BCUT2D eigenvalue weighted by Crippen LogP contribution is 2.27. The van der Waals surface area contributed by atoms with Crippen molar-refractivity contribution in [2.24, 2.45) is 0 Å². The Labute approximate surface area is 139 Å². The molecule has 4 N–H and O–H groups in total. The van der Waals surface area contributed by atoms with E-state index in [0.29, 0.717) is 17.1 Å². The quantitative estimate of drug-likeness (QED) is 0.603. The third-order valence-corrected chi connectivity index (χ3v) is 3.41. The highest BCUT2D eigenvalue weighted by molar-refractivity contribution is 5.91. The number of nitrogens with two attached hydrogens (primary N) is 1. The Hall–Kier alpha value is -3.47. The van der Waals surface area contributed by atoms with Crippen LogP contribution >= 0.6 is 0 Å². The van der Waals surface area contributed by atoms with Gasteiger partial charge in [-0.05, 0) is 54.6 Å². The first-order valence-electron chi connectivity index (χ1n) is 7.34. The summed E-state index contributed by atoms with van der Waals surface area (Å²) < 4.78 is 5.73. The van der Waals surface area contributed by atoms with Gasteiger partial charge in [-0.1, -0.05) is 18.2 Å². The summed E-state index contributed by atoms with van der Waals surface area (Å²) in [4.78, 5) is 11.1. The lowest BCUT2D eigenvalue weighted by atomic mass is 10.1. The number of para-hydroxylation sites is 1. The highest BCUT2D eigenvalue weighted by atomic mass is 16.5. The summed E-state index contributed by atoms with van der Waals surface area (Å²) >= 11 is 0. The van der Waals surface area contributed by atoms with Crippen molar-refractivity contribution in [1.82, 2.24) is 0 Å². The van der Waals surface area contributed by atoms with Gasteiger partial charge in [-0.3, -0.25) is 0 Å². The molecule has 0 radical (unpaired) electrons. The average molecular weight is 320 g/mol. The monoisotopic (exact) mass is 320 g/mol. The molecule has 0 unspecified atom stereocenters. The van der Waals surface area contributed by atoms with E-state index in [1.165, 1.54) is 12.1 Å². The Morgan fingerprint density at radius 1 is 0.917 bits per heavy atom. The Morgan fingerprint density at radius 3 is 2.25 bits per heavy atom. The Bertz CT molecular complexity index is 846. The lowest BCUT2D eigenvalue weighted by Gasteiger charge is -2.11. The van der Waals surface area contributed by atoms with Crippen LogP contribution in [0.3, 0.4) is 0 Å². The van der Waals surface area contributed by atoms with E-state index in [2.05, 4.69) is 5.32 Å². The van der Waals surface area contributed by atoms with Crippen molar-refractivity contribution < 1.29 is 14.6 Å². The predicted octanol–water partition coefficient (Wildman–Crippen LogP) is 4.50. The third-order valence-electron chi connectivity index (χ3n) is 3.41. The number of carboxylic acids is 1. The number of nitrogen functional groups attached to an aromatic ring is 1. The number of anilines is 3. The number of carbonyl (C=O) groups is 1. The first-order valence-corrected chi connectivity index (χ1v) is 7.34. The summed E-state index contributed by atoms with van der Waals surface area (Å²) in [5, 5.41) is 12.2. The van der Waals surface area contributed by atoms with Gasteiger partial charge in [0.2, 0.25) is 0 Å². The summed E-state index contributed by atoms with van der Waals surface area (Å²) in [6, 6.07) is 21.4. The molecule has 0 aliphatic heterocycles. The van der Waals surface area contributed by atoms with E-state index < -0.39 is 5.97 Å². The minimum atomic E-state index is -0.996. The van der Waals surface area contributed by atoms with Crippen LogP contribution < -0.4 is 15.8 Å². The second-order valence-corrected chi connectivity index (χ2v) is 5.17. The van der Waals surface area contributed by atoms with Gasteiger partial charge < -0.3 is 20.9 Å². The van der Waals surface area contributed by atoms with Crippen molar-refractivity contribution in [3.8, 4) is 11.5 Å². The van der Waals surface area contributed by atoms with Crippen LogP contribution in [0.15, 0.2) is 72.8 Å². The van der Waals surface area contributed by atoms with Crippen LogP contribution in [0.2, 0.25) is 0 Å². The zero-order valence-corrected chi connectivity index (χ0v) is 12.8. The number of carboxylic acid groups (broad SMARTS) is 1. The standard InChI is InChI=1S/C19H16N2O3/c20-17-11-6-13(19(22)23)12-18(17)21-14-7-9-16(10-8-14)24-15-4-2-1-3-5-15/h1-12,21H,20H2,(H,22,23). The van der Waals surface area contributed by atoms with E-state index >= 15 is 0 Å². The first-order chi connectivity index (χ1) is 11.6. The zero-order chi connectivity index (χ0) is 16.9. The van der Waals surface area contributed by atoms with E-state index in [1.807, 2.05) is 54.6 Å². The molecule has 3 aromatic carbocycles. The molecule has 0 bridgehead atoms. The van der Waals surface area contributed by atoms with Crippen molar-refractivity contribution >= 4 is 23.0 Å². The van der Waals surface area contributed by atoms with Gasteiger partial charge in [0, 0.05) is 5.69 Å². The molecular formula is C19H16N2O3. The fourth-order valence-electron chi connectivity index (χ4n) is 2.18. The highest BCUT2D eigenvalue weighted by Gasteiger charge is 2.07. The van der Waals surface area contributed by atoms with Crippen molar-refractivity contribution in [3.05, 3.63) is 78.4 Å². The number of ether oxygens (including phenoxy) is 1. The van der Waals surface area contributed by atoms with Crippen molar-refractivity contribution in [2.45, 2.75) is 0 Å². The van der Waals surface area contributed by atoms with Crippen LogP contribution in [0.25, 0.3) is 0 Å². The van der Waals surface area contributed by atoms with Crippen molar-refractivity contribution in [3.63, 3.8) is 0 Å². The Kier molecular flexibility index (Phi) is 4.34. The van der Waals surface area contributed by atoms with Gasteiger partial charge in [-0.2, -0.15) is 0 Å². The van der Waals surface area contributed by atoms with E-state index in [4.69, 9.17) is 15.6 Å². The number of nitrogens with one attached hydrogen (secondary N) is 1. The lowest BCUT2D eigenvalue weighted by molar-refractivity contribution is 0.0697. The van der Waals surface area contributed by atoms with Crippen LogP contribution in [-0.2, 0) is 0 Å². The molecule has 24 heavy (non-hydrogen) atoms. The van der Waals surface area contributed by atoms with E-state index in [1.54, 1.807) is 6.07 Å². The van der Waals surface area contributed by atoms with Gasteiger partial charge in [0.05, 0.1) is 16.9 Å². The number of hydrogen-bond acceptors (Lipinski definition) is 4. The molecule has 3 rings (SSSR count). The maximum atomic E-state index is 11.1. The fraction of sp³-hybridized carbons (Fsp3) is 0. The zero-order valence-electron chi connectivity index (χ0n) is 12.8. The molecule has 0 aromatic heterocycles. The summed E-state index contributed by atoms with van der Waals surface area (Å²) in [5.74, 6) is 0.472. The summed E-state index contributed by atoms with van der Waals surface area (Å²) in [6.45, 7) is 0. The number of benzene rings is 3. The topological polar surface area (TPSA) is 84.6 Å². The van der Waals surface area contributed by atoms with Gasteiger partial charge in [-0.15, -0.1) is 0 Å². The molecular weight excluding hydrogens is 304 g/mol. The minimum absolute atomic E-state index is 0.177. The molecule has 120 valence electrons. The molecule has 3 aromatic rings. The van der Waals surface area contributed by atoms with E-state index in [0.717, 1.165) is 11.4 Å². The number of hydrogen-bond donors (Lipinski definition) is 3. The largest absolute Gasteiger partial charge is 0.478 e. The molecule has 0 fully saturated rings. The number of aromatic carboxylic acids is 1. The van der Waals surface area contributed by atoms with Crippen LogP contribution in [0, 0.1) is 0 Å². The Balaban J connectivity index is 1.75. The molecule has 0 saturated carbocycles. The second-order valence-electron chi connectivity index (χ2n) is 5.17. The van der Waals surface area contributed by atoms with Crippen molar-refractivity contribution in [1.29, 1.82) is 0 Å². The van der Waals surface area contributed by atoms with Gasteiger partial charge in [0.15, 0.2) is 0 Å². The van der Waals surface area contributed by atoms with E-state index in [-0.39, 0.29) is 5.56 Å². The van der Waals surface area contributed by atoms with E-state index in [9.17, 15) is 4.79 Å². The van der Waals surface area contributed by atoms with Gasteiger partial charge in [0.1, 0.15) is 11.5 Å². The van der Waals surface area contributed by atoms with Crippen molar-refractivity contribution in [2.75, 3.05) is 11.1 Å². The Morgan fingerprint density at radius 2 is 1.58 bits per heavy atom. The van der Waals surface area contributed by atoms with Crippen LogP contribution in [0.5, 0.6) is 11.5 Å². The number of rotatable bonds is 5. The van der Waals surface area contributed by atoms with Gasteiger partial charge in [0.25, 0.3) is 0 Å². The molecule has 0 aliphatic rings. The lowest BCUT2D eigenvalue weighted by Crippen LogP contribution is -2.01. The third kappa shape index (κ3) is 3.64. The maximum Gasteiger partial charge on any atom is 0.335 e. The smallest absolute Gasteiger partial charge is 0.335 e. The SMILES string of the molecule is Nc1ccc(C(=O)O)cc1Nc1ccc(Oc2ccccc2)cc1. The van der Waals surface area contributed by atoms with Gasteiger partial charge >= 0.3 is 5.97 Å². The predicted molar refractivity (Wildman–Crippen MR) is 94.1 cm³/mol. The molecule has 5 nitrogen and oxygen atoms in total. The molecule has 5 heteroatoms. The van der Waals surface area contributed by atoms with Gasteiger partial charge in [-0.25, -0.2) is 4.79 Å². The fourth-order valence-corrected chi connectivity index (χ4v) is 2.18. The first kappa shape index (κ1) is 15.4. The second kappa shape index (κ2) is 6.75. The average Bonchev–Trinajstić information content (AvgIpc) is 2.59. The summed E-state index contributed by atoms with van der Waals surface area (Å²) in [7, 11) is 0. The molecule has 0 aliphatic carbocycles. The normalized spacial score (nSPS) is 10.2. The molecule has 0 amide bonds.